The van der Waals surface area contributed by atoms with Crippen LogP contribution >= 0.6 is 8.53 Å². The summed E-state index contributed by atoms with van der Waals surface area (Å²) in [5.41, 5.74) is 2.19. The molecule has 0 saturated carbocycles. The minimum atomic E-state index is -1.23. The molecule has 2 aromatic carbocycles. The molecule has 0 fully saturated rings. The second kappa shape index (κ2) is 15.1. The van der Waals surface area contributed by atoms with E-state index < -0.39 is 8.53 Å². The van der Waals surface area contributed by atoms with Crippen LogP contribution in [-0.2, 0) is 18.5 Å². The summed E-state index contributed by atoms with van der Waals surface area (Å²) in [4.78, 5) is 3.43. The van der Waals surface area contributed by atoms with Crippen molar-refractivity contribution in [2.24, 2.45) is 0 Å². The van der Waals surface area contributed by atoms with Gasteiger partial charge in [0, 0.05) is 34.4 Å². The van der Waals surface area contributed by atoms with Crippen molar-refractivity contribution in [1.82, 2.24) is 9.65 Å². The number of nitrogens with one attached hydrogen (secondary N) is 1. The molecule has 0 bridgehead atoms. The molecule has 1 aromatic heterocycles. The summed E-state index contributed by atoms with van der Waals surface area (Å²) < 4.78 is 31.2. The van der Waals surface area contributed by atoms with E-state index in [9.17, 15) is 0 Å². The second-order valence-corrected chi connectivity index (χ2v) is 10.3. The van der Waals surface area contributed by atoms with Crippen molar-refractivity contribution in [2.45, 2.75) is 46.2 Å². The van der Waals surface area contributed by atoms with Gasteiger partial charge in [-0.15, -0.1) is 0 Å². The highest BCUT2D eigenvalue weighted by molar-refractivity contribution is 7.44. The Hall–Kier alpha value is -2.24. The quantitative estimate of drug-likeness (QED) is 0.174. The predicted molar refractivity (Wildman–Crippen MR) is 144 cm³/mol. The molecule has 196 valence electrons. The minimum Gasteiger partial charge on any atom is -0.491 e. The number of hydrogen-bond donors (Lipinski definition) is 1. The molecule has 1 unspecified atom stereocenters. The molecule has 0 radical (unpaired) electrons. The number of nitriles is 1. The molecule has 9 heteroatoms. The lowest BCUT2D eigenvalue weighted by Gasteiger charge is -2.35. The van der Waals surface area contributed by atoms with E-state index in [1.54, 1.807) is 0 Å². The Bertz CT molecular complexity index is 1090. The Morgan fingerprint density at radius 3 is 2.17 bits per heavy atom. The molecule has 0 aliphatic heterocycles. The maximum Gasteiger partial charge on any atom is 0.259 e. The molecule has 3 aromatic rings. The molecule has 0 amide bonds. The molecule has 36 heavy (non-hydrogen) atoms. The molecule has 0 aliphatic rings. The van der Waals surface area contributed by atoms with E-state index in [2.05, 4.69) is 61.6 Å². The van der Waals surface area contributed by atoms with Gasteiger partial charge in [0.25, 0.3) is 8.53 Å². The molecular weight excluding hydrogens is 477 g/mol. The van der Waals surface area contributed by atoms with E-state index >= 15 is 0 Å². The Labute approximate surface area is 215 Å². The third kappa shape index (κ3) is 8.41. The molecule has 1 atom stereocenters. The summed E-state index contributed by atoms with van der Waals surface area (Å²) in [6, 6.07) is 17.0. The molecule has 1 heterocycles. The first kappa shape index (κ1) is 28.3. The Morgan fingerprint density at radius 1 is 0.806 bits per heavy atom. The average molecular weight is 516 g/mol. The smallest absolute Gasteiger partial charge is 0.259 e. The van der Waals surface area contributed by atoms with E-state index in [0.29, 0.717) is 52.7 Å². The van der Waals surface area contributed by atoms with Crippen LogP contribution in [0.3, 0.4) is 0 Å². The number of nitrogens with zero attached hydrogens (tertiary/aromatic N) is 2. The van der Waals surface area contributed by atoms with Gasteiger partial charge < -0.3 is 28.2 Å². The molecule has 8 nitrogen and oxygen atoms in total. The predicted octanol–water partition coefficient (Wildman–Crippen LogP) is 6.03. The maximum absolute atomic E-state index is 8.79. The van der Waals surface area contributed by atoms with Gasteiger partial charge in [0.2, 0.25) is 0 Å². The topological polar surface area (TPSA) is 89.0 Å². The largest absolute Gasteiger partial charge is 0.491 e. The van der Waals surface area contributed by atoms with Gasteiger partial charge >= 0.3 is 0 Å². The number of aromatic nitrogens is 1. The zero-order valence-corrected chi connectivity index (χ0v) is 22.6. The second-order valence-electron chi connectivity index (χ2n) is 8.83. The van der Waals surface area contributed by atoms with Gasteiger partial charge in [0.1, 0.15) is 12.4 Å². The number of aromatic amines is 1. The summed E-state index contributed by atoms with van der Waals surface area (Å²) in [6.07, 6.45) is 0.349. The molecular formula is C27H38N3O5P. The Kier molecular flexibility index (Phi) is 11.9. The van der Waals surface area contributed by atoms with Gasteiger partial charge in [-0.05, 0) is 45.9 Å². The van der Waals surface area contributed by atoms with Crippen LogP contribution in [0.15, 0.2) is 42.5 Å². The van der Waals surface area contributed by atoms with Crippen molar-refractivity contribution < 1.29 is 23.3 Å². The number of fused-ring (bicyclic) bond motifs is 3. The van der Waals surface area contributed by atoms with Crippen LogP contribution in [0.4, 0.5) is 0 Å². The zero-order valence-electron chi connectivity index (χ0n) is 21.7. The summed E-state index contributed by atoms with van der Waals surface area (Å²) in [6.45, 7) is 11.6. The van der Waals surface area contributed by atoms with Crippen LogP contribution in [0.25, 0.3) is 21.8 Å². The van der Waals surface area contributed by atoms with Crippen molar-refractivity contribution in [3.63, 3.8) is 0 Å². The fraction of sp³-hybridized carbons (Fsp3) is 0.519. The van der Waals surface area contributed by atoms with Crippen molar-refractivity contribution in [3.8, 4) is 11.8 Å². The fourth-order valence-corrected chi connectivity index (χ4v) is 5.53. The average Bonchev–Trinajstić information content (AvgIpc) is 3.22. The number of H-pyrrole nitrogens is 1. The summed E-state index contributed by atoms with van der Waals surface area (Å²) in [7, 11) is -1.23. The van der Waals surface area contributed by atoms with Crippen molar-refractivity contribution in [2.75, 3.05) is 46.2 Å². The minimum absolute atomic E-state index is 0.277. The van der Waals surface area contributed by atoms with Crippen LogP contribution in [0, 0.1) is 11.3 Å². The van der Waals surface area contributed by atoms with E-state index in [0.717, 1.165) is 16.8 Å². The summed E-state index contributed by atoms with van der Waals surface area (Å²) in [5, 5.41) is 11.2. The normalized spacial score (nSPS) is 12.7. The number of ether oxygens (including phenoxy) is 3. The molecule has 0 spiro atoms. The van der Waals surface area contributed by atoms with Crippen molar-refractivity contribution in [1.29, 1.82) is 5.26 Å². The first-order valence-corrected chi connectivity index (χ1v) is 13.6. The lowest BCUT2D eigenvalue weighted by atomic mass is 10.1. The van der Waals surface area contributed by atoms with Crippen LogP contribution < -0.4 is 4.74 Å². The molecule has 0 aliphatic carbocycles. The number of para-hydroxylation sites is 1. The van der Waals surface area contributed by atoms with E-state index in [1.807, 2.05) is 24.3 Å². The van der Waals surface area contributed by atoms with Gasteiger partial charge in [-0.3, -0.25) is 0 Å². The van der Waals surface area contributed by atoms with Crippen LogP contribution in [0.5, 0.6) is 5.75 Å². The van der Waals surface area contributed by atoms with Crippen LogP contribution in [0.1, 0.15) is 34.1 Å². The first-order chi connectivity index (χ1) is 17.5. The standard InChI is InChI=1S/C27H38N3O5P/c1-21(2)30(22(3)4)36(34-13-7-12-28)35-19-17-32-15-14-31-16-18-33-23-10-11-25-24-8-5-6-9-26(24)29-27(25)20-23/h5-6,8-11,20-22,29H,7,13-19H2,1-4H3. The van der Waals surface area contributed by atoms with Gasteiger partial charge in [-0.1, -0.05) is 18.2 Å². The summed E-state index contributed by atoms with van der Waals surface area (Å²) >= 11 is 0. The van der Waals surface area contributed by atoms with Gasteiger partial charge in [0.15, 0.2) is 0 Å². The fourth-order valence-electron chi connectivity index (χ4n) is 3.95. The lowest BCUT2D eigenvalue weighted by molar-refractivity contribution is 0.0252. The third-order valence-electron chi connectivity index (χ3n) is 5.44. The Balaban J connectivity index is 1.28. The zero-order chi connectivity index (χ0) is 25.8. The third-order valence-corrected chi connectivity index (χ3v) is 7.55. The van der Waals surface area contributed by atoms with Crippen LogP contribution in [0.2, 0.25) is 0 Å². The van der Waals surface area contributed by atoms with Gasteiger partial charge in [-0.2, -0.15) is 5.26 Å². The van der Waals surface area contributed by atoms with E-state index in [-0.39, 0.29) is 12.1 Å². The molecule has 0 saturated heterocycles. The number of hydrogen-bond acceptors (Lipinski definition) is 7. The van der Waals surface area contributed by atoms with Gasteiger partial charge in [0.05, 0.1) is 57.6 Å². The molecule has 1 N–H and O–H groups in total. The number of rotatable bonds is 17. The maximum atomic E-state index is 8.79. The van der Waals surface area contributed by atoms with Crippen molar-refractivity contribution in [3.05, 3.63) is 42.5 Å². The monoisotopic (exact) mass is 515 g/mol. The lowest BCUT2D eigenvalue weighted by Crippen LogP contribution is -2.34. The summed E-state index contributed by atoms with van der Waals surface area (Å²) in [5.74, 6) is 0.816. The first-order valence-electron chi connectivity index (χ1n) is 12.5. The highest BCUT2D eigenvalue weighted by atomic mass is 31.2. The van der Waals surface area contributed by atoms with Gasteiger partial charge in [-0.25, -0.2) is 4.67 Å². The Morgan fingerprint density at radius 2 is 1.44 bits per heavy atom. The molecule has 3 rings (SSSR count). The highest BCUT2D eigenvalue weighted by Crippen LogP contribution is 2.45. The van der Waals surface area contributed by atoms with Crippen molar-refractivity contribution >= 4 is 30.3 Å². The van der Waals surface area contributed by atoms with E-state index in [1.165, 1.54) is 10.8 Å². The number of benzene rings is 2. The highest BCUT2D eigenvalue weighted by Gasteiger charge is 2.26. The van der Waals surface area contributed by atoms with Crippen LogP contribution in [-0.4, -0.2) is 68.0 Å². The van der Waals surface area contributed by atoms with E-state index in [4.69, 9.17) is 28.5 Å². The SMILES string of the molecule is CC(C)N(C(C)C)P(OCCC#N)OCCOCCOCCOc1ccc2c(c1)[nH]c1ccccc12.